The number of rotatable bonds is 4. The second-order valence-corrected chi connectivity index (χ2v) is 8.94. The molecule has 2 aromatic carbocycles. The number of nitrogen functional groups attached to an aromatic ring is 1. The fraction of sp³-hybridized carbons (Fsp3) is 0.190. The SMILES string of the molecule is Cc1ccc(S(=O)(=O)N2CCc3oc(C(=O)Nc4ccccc4N)cc3C2)cc1. The van der Waals surface area contributed by atoms with Gasteiger partial charge in [-0.1, -0.05) is 29.8 Å². The first-order chi connectivity index (χ1) is 13.8. The molecule has 0 radical (unpaired) electrons. The molecule has 0 atom stereocenters. The summed E-state index contributed by atoms with van der Waals surface area (Å²) in [6, 6.07) is 15.3. The molecule has 3 N–H and O–H groups in total. The van der Waals surface area contributed by atoms with E-state index in [1.165, 1.54) is 4.31 Å². The maximum atomic E-state index is 12.9. The van der Waals surface area contributed by atoms with E-state index >= 15 is 0 Å². The lowest BCUT2D eigenvalue weighted by Crippen LogP contribution is -2.35. The molecule has 2 heterocycles. The zero-order valence-electron chi connectivity index (χ0n) is 15.9. The summed E-state index contributed by atoms with van der Waals surface area (Å²) >= 11 is 0. The van der Waals surface area contributed by atoms with E-state index in [4.69, 9.17) is 10.2 Å². The number of carbonyl (C=O) groups is 1. The van der Waals surface area contributed by atoms with Crippen LogP contribution in [0.4, 0.5) is 11.4 Å². The predicted molar refractivity (Wildman–Crippen MR) is 110 cm³/mol. The number of hydrogen-bond donors (Lipinski definition) is 2. The van der Waals surface area contributed by atoms with Crippen LogP contribution in [0.1, 0.15) is 27.4 Å². The van der Waals surface area contributed by atoms with Crippen LogP contribution in [0.5, 0.6) is 0 Å². The summed E-state index contributed by atoms with van der Waals surface area (Å²) in [4.78, 5) is 12.8. The minimum Gasteiger partial charge on any atom is -0.456 e. The van der Waals surface area contributed by atoms with E-state index < -0.39 is 15.9 Å². The van der Waals surface area contributed by atoms with Gasteiger partial charge in [-0.3, -0.25) is 4.79 Å². The lowest BCUT2D eigenvalue weighted by molar-refractivity contribution is 0.0994. The Kier molecular flexibility index (Phi) is 4.89. The highest BCUT2D eigenvalue weighted by Gasteiger charge is 2.31. The van der Waals surface area contributed by atoms with Crippen LogP contribution in [0.15, 0.2) is 63.9 Å². The number of hydrogen-bond acceptors (Lipinski definition) is 5. The van der Waals surface area contributed by atoms with Gasteiger partial charge in [0.05, 0.1) is 16.3 Å². The second kappa shape index (κ2) is 7.38. The molecule has 0 fully saturated rings. The molecule has 7 nitrogen and oxygen atoms in total. The molecule has 1 aliphatic rings. The third-order valence-electron chi connectivity index (χ3n) is 4.92. The molecule has 3 aromatic rings. The topological polar surface area (TPSA) is 106 Å². The van der Waals surface area contributed by atoms with Crippen LogP contribution in [0.25, 0.3) is 0 Å². The molecule has 0 saturated carbocycles. The van der Waals surface area contributed by atoms with Crippen LogP contribution in [-0.2, 0) is 23.0 Å². The van der Waals surface area contributed by atoms with Gasteiger partial charge in [0.25, 0.3) is 5.91 Å². The zero-order valence-corrected chi connectivity index (χ0v) is 16.7. The minimum absolute atomic E-state index is 0.132. The Labute approximate surface area is 169 Å². The third kappa shape index (κ3) is 3.76. The first-order valence-corrected chi connectivity index (χ1v) is 10.6. The molecule has 1 aliphatic heterocycles. The molecule has 1 aromatic heterocycles. The van der Waals surface area contributed by atoms with E-state index in [1.807, 2.05) is 6.92 Å². The molecule has 8 heteroatoms. The van der Waals surface area contributed by atoms with Crippen LogP contribution in [0, 0.1) is 6.92 Å². The lowest BCUT2D eigenvalue weighted by Gasteiger charge is -2.25. The Hall–Kier alpha value is -3.10. The van der Waals surface area contributed by atoms with Crippen LogP contribution in [0.2, 0.25) is 0 Å². The number of furan rings is 1. The Morgan fingerprint density at radius 3 is 2.59 bits per heavy atom. The fourth-order valence-corrected chi connectivity index (χ4v) is 4.70. The quantitative estimate of drug-likeness (QED) is 0.642. The van der Waals surface area contributed by atoms with E-state index in [2.05, 4.69) is 5.32 Å². The smallest absolute Gasteiger partial charge is 0.291 e. The molecular formula is C21H21N3O4S. The third-order valence-corrected chi connectivity index (χ3v) is 6.78. The van der Waals surface area contributed by atoms with Gasteiger partial charge in [-0.05, 0) is 37.3 Å². The first kappa shape index (κ1) is 19.2. The van der Waals surface area contributed by atoms with Crippen LogP contribution >= 0.6 is 0 Å². The summed E-state index contributed by atoms with van der Waals surface area (Å²) in [7, 11) is -3.61. The number of benzene rings is 2. The Balaban J connectivity index is 1.53. The number of carbonyl (C=O) groups excluding carboxylic acids is 1. The molecule has 0 unspecified atom stereocenters. The zero-order chi connectivity index (χ0) is 20.6. The number of fused-ring (bicyclic) bond motifs is 1. The number of para-hydroxylation sites is 2. The van der Waals surface area contributed by atoms with Crippen LogP contribution in [-0.4, -0.2) is 25.2 Å². The van der Waals surface area contributed by atoms with Gasteiger partial charge < -0.3 is 15.5 Å². The average Bonchev–Trinajstić information content (AvgIpc) is 3.13. The molecule has 0 aliphatic carbocycles. The molecule has 29 heavy (non-hydrogen) atoms. The van der Waals surface area contributed by atoms with E-state index in [9.17, 15) is 13.2 Å². The number of nitrogens with zero attached hydrogens (tertiary/aromatic N) is 1. The van der Waals surface area contributed by atoms with Crippen molar-refractivity contribution in [1.29, 1.82) is 0 Å². The summed E-state index contributed by atoms with van der Waals surface area (Å²) < 4.78 is 33.0. The molecular weight excluding hydrogens is 390 g/mol. The molecule has 150 valence electrons. The van der Waals surface area contributed by atoms with E-state index in [1.54, 1.807) is 54.6 Å². The number of nitrogens with one attached hydrogen (secondary N) is 1. The molecule has 0 saturated heterocycles. The van der Waals surface area contributed by atoms with Gasteiger partial charge in [0.2, 0.25) is 10.0 Å². The Morgan fingerprint density at radius 1 is 1.14 bits per heavy atom. The summed E-state index contributed by atoms with van der Waals surface area (Å²) in [5, 5.41) is 2.72. The van der Waals surface area contributed by atoms with E-state index in [0.717, 1.165) is 5.56 Å². The number of nitrogens with two attached hydrogens (primary N) is 1. The van der Waals surface area contributed by atoms with E-state index in [0.29, 0.717) is 35.7 Å². The van der Waals surface area contributed by atoms with Crippen molar-refractivity contribution in [3.8, 4) is 0 Å². The lowest BCUT2D eigenvalue weighted by atomic mass is 10.1. The van der Waals surface area contributed by atoms with E-state index in [-0.39, 0.29) is 17.2 Å². The summed E-state index contributed by atoms with van der Waals surface area (Å²) in [5.41, 5.74) is 8.49. The predicted octanol–water partition coefficient (Wildman–Crippen LogP) is 3.17. The highest BCUT2D eigenvalue weighted by atomic mass is 32.2. The van der Waals surface area contributed by atoms with Crippen molar-refractivity contribution in [2.24, 2.45) is 0 Å². The van der Waals surface area contributed by atoms with Crippen molar-refractivity contribution >= 4 is 27.3 Å². The van der Waals surface area contributed by atoms with Crippen molar-refractivity contribution < 1.29 is 17.6 Å². The highest BCUT2D eigenvalue weighted by molar-refractivity contribution is 7.89. The standard InChI is InChI=1S/C21H21N3O4S/c1-14-6-8-16(9-7-14)29(26,27)24-11-10-19-15(13-24)12-20(28-19)21(25)23-18-5-3-2-4-17(18)22/h2-9,12H,10-11,13,22H2,1H3,(H,23,25). The van der Waals surface area contributed by atoms with Gasteiger partial charge in [-0.15, -0.1) is 0 Å². The maximum absolute atomic E-state index is 12.9. The van der Waals surface area contributed by atoms with Gasteiger partial charge in [0, 0.05) is 25.1 Å². The van der Waals surface area contributed by atoms with Gasteiger partial charge in [-0.2, -0.15) is 4.31 Å². The highest BCUT2D eigenvalue weighted by Crippen LogP contribution is 2.28. The van der Waals surface area contributed by atoms with Gasteiger partial charge in [0.15, 0.2) is 5.76 Å². The van der Waals surface area contributed by atoms with Crippen LogP contribution in [0.3, 0.4) is 0 Å². The molecule has 0 spiro atoms. The minimum atomic E-state index is -3.61. The summed E-state index contributed by atoms with van der Waals surface area (Å²) in [5.74, 6) is 0.338. The largest absolute Gasteiger partial charge is 0.456 e. The normalized spacial score (nSPS) is 14.4. The second-order valence-electron chi connectivity index (χ2n) is 7.00. The Morgan fingerprint density at radius 2 is 1.86 bits per heavy atom. The van der Waals surface area contributed by atoms with Crippen molar-refractivity contribution in [2.45, 2.75) is 24.8 Å². The van der Waals surface area contributed by atoms with Crippen LogP contribution < -0.4 is 11.1 Å². The number of aryl methyl sites for hydroxylation is 1. The van der Waals surface area contributed by atoms with Gasteiger partial charge in [-0.25, -0.2) is 8.42 Å². The van der Waals surface area contributed by atoms with Crippen molar-refractivity contribution in [1.82, 2.24) is 4.31 Å². The average molecular weight is 411 g/mol. The monoisotopic (exact) mass is 411 g/mol. The van der Waals surface area contributed by atoms with Crippen molar-refractivity contribution in [3.63, 3.8) is 0 Å². The Bertz CT molecular complexity index is 1170. The van der Waals surface area contributed by atoms with Crippen molar-refractivity contribution in [3.05, 3.63) is 77.2 Å². The number of anilines is 2. The number of amides is 1. The maximum Gasteiger partial charge on any atom is 0.291 e. The first-order valence-electron chi connectivity index (χ1n) is 9.19. The molecule has 1 amide bonds. The molecule has 0 bridgehead atoms. The fourth-order valence-electron chi connectivity index (χ4n) is 3.28. The molecule has 4 rings (SSSR count). The number of sulfonamides is 1. The van der Waals surface area contributed by atoms with Crippen molar-refractivity contribution in [2.75, 3.05) is 17.6 Å². The summed E-state index contributed by atoms with van der Waals surface area (Å²) in [6.07, 6.45) is 0.404. The summed E-state index contributed by atoms with van der Waals surface area (Å²) in [6.45, 7) is 2.36. The van der Waals surface area contributed by atoms with Gasteiger partial charge in [0.1, 0.15) is 5.76 Å². The van der Waals surface area contributed by atoms with Gasteiger partial charge >= 0.3 is 0 Å².